The molecule has 14 heavy (non-hydrogen) atoms. The lowest BCUT2D eigenvalue weighted by molar-refractivity contribution is 0.547. The van der Waals surface area contributed by atoms with Gasteiger partial charge in [-0.05, 0) is 24.6 Å². The molecule has 0 spiro atoms. The van der Waals surface area contributed by atoms with E-state index in [1.54, 1.807) is 0 Å². The molecule has 1 atom stereocenters. The van der Waals surface area contributed by atoms with Crippen molar-refractivity contribution < 1.29 is 0 Å². The van der Waals surface area contributed by atoms with Crippen molar-refractivity contribution in [3.63, 3.8) is 0 Å². The zero-order valence-corrected chi connectivity index (χ0v) is 8.72. The molecular weight excluding hydrogens is 198 g/mol. The van der Waals surface area contributed by atoms with Crippen LogP contribution in [0.3, 0.4) is 0 Å². The van der Waals surface area contributed by atoms with Crippen LogP contribution in [0.25, 0.3) is 0 Å². The summed E-state index contributed by atoms with van der Waals surface area (Å²) in [5, 5.41) is 7.34. The molecule has 1 aromatic rings. The minimum atomic E-state index is 0.552. The molecule has 2 heterocycles. The molecular formula is C10H14ClN3. The lowest BCUT2D eigenvalue weighted by Crippen LogP contribution is -2.30. The Labute approximate surface area is 88.9 Å². The molecule has 0 radical (unpaired) electrons. The van der Waals surface area contributed by atoms with Gasteiger partial charge in [-0.2, -0.15) is 0 Å². The maximum Gasteiger partial charge on any atom is 0.129 e. The van der Waals surface area contributed by atoms with Crippen molar-refractivity contribution in [2.24, 2.45) is 0 Å². The predicted molar refractivity (Wildman–Crippen MR) is 57.4 cm³/mol. The Balaban J connectivity index is 1.82. The predicted octanol–water partition coefficient (Wildman–Crippen LogP) is 1.19. The average Bonchev–Trinajstić information content (AvgIpc) is 2.70. The number of hydrogen-bond acceptors (Lipinski definition) is 3. The Morgan fingerprint density at radius 2 is 2.50 bits per heavy atom. The lowest BCUT2D eigenvalue weighted by atomic mass is 10.2. The standard InChI is InChI=1S/C10H14ClN3/c11-10-2-1-8(6-14-10)5-13-9-3-4-12-7-9/h1-2,6,9,12-13H,3-5,7H2/t9-/m1/s1. The normalized spacial score (nSPS) is 21.4. The second kappa shape index (κ2) is 4.73. The number of hydrogen-bond donors (Lipinski definition) is 2. The number of nitrogens with one attached hydrogen (secondary N) is 2. The van der Waals surface area contributed by atoms with E-state index in [0.717, 1.165) is 19.6 Å². The number of pyridine rings is 1. The summed E-state index contributed by atoms with van der Waals surface area (Å²) in [5.74, 6) is 0. The summed E-state index contributed by atoms with van der Waals surface area (Å²) >= 11 is 5.70. The molecule has 1 aliphatic rings. The Morgan fingerprint density at radius 3 is 3.14 bits per heavy atom. The first-order chi connectivity index (χ1) is 6.84. The van der Waals surface area contributed by atoms with Crippen LogP contribution in [0.2, 0.25) is 5.15 Å². The highest BCUT2D eigenvalue weighted by molar-refractivity contribution is 6.29. The molecule has 1 fully saturated rings. The van der Waals surface area contributed by atoms with Crippen molar-refractivity contribution in [1.82, 2.24) is 15.6 Å². The van der Waals surface area contributed by atoms with E-state index in [4.69, 9.17) is 11.6 Å². The fraction of sp³-hybridized carbons (Fsp3) is 0.500. The van der Waals surface area contributed by atoms with Gasteiger partial charge in [0.05, 0.1) is 0 Å². The highest BCUT2D eigenvalue weighted by atomic mass is 35.5. The van der Waals surface area contributed by atoms with Gasteiger partial charge in [-0.15, -0.1) is 0 Å². The summed E-state index contributed by atoms with van der Waals surface area (Å²) in [5.41, 5.74) is 1.18. The molecule has 1 saturated heterocycles. The van der Waals surface area contributed by atoms with E-state index < -0.39 is 0 Å². The molecule has 0 amide bonds. The van der Waals surface area contributed by atoms with Gasteiger partial charge in [0.15, 0.2) is 0 Å². The maximum atomic E-state index is 5.70. The fourth-order valence-electron chi connectivity index (χ4n) is 1.60. The van der Waals surface area contributed by atoms with Crippen LogP contribution in [-0.4, -0.2) is 24.1 Å². The maximum absolute atomic E-state index is 5.70. The largest absolute Gasteiger partial charge is 0.315 e. The summed E-state index contributed by atoms with van der Waals surface area (Å²) in [6, 6.07) is 4.43. The minimum Gasteiger partial charge on any atom is -0.315 e. The van der Waals surface area contributed by atoms with Crippen LogP contribution in [0, 0.1) is 0 Å². The summed E-state index contributed by atoms with van der Waals surface area (Å²) < 4.78 is 0. The summed E-state index contributed by atoms with van der Waals surface area (Å²) in [4.78, 5) is 4.03. The first kappa shape index (κ1) is 9.90. The molecule has 3 nitrogen and oxygen atoms in total. The number of aromatic nitrogens is 1. The van der Waals surface area contributed by atoms with E-state index in [-0.39, 0.29) is 0 Å². The number of rotatable bonds is 3. The third-order valence-electron chi connectivity index (χ3n) is 2.44. The Hall–Kier alpha value is -0.640. The van der Waals surface area contributed by atoms with Crippen molar-refractivity contribution in [2.75, 3.05) is 13.1 Å². The van der Waals surface area contributed by atoms with Crippen molar-refractivity contribution in [1.29, 1.82) is 0 Å². The first-order valence-electron chi connectivity index (χ1n) is 4.89. The third-order valence-corrected chi connectivity index (χ3v) is 2.67. The fourth-order valence-corrected chi connectivity index (χ4v) is 1.71. The lowest BCUT2D eigenvalue weighted by Gasteiger charge is -2.10. The molecule has 0 saturated carbocycles. The summed E-state index contributed by atoms with van der Waals surface area (Å²) in [6.45, 7) is 3.06. The second-order valence-electron chi connectivity index (χ2n) is 3.56. The molecule has 0 unspecified atom stereocenters. The topological polar surface area (TPSA) is 37.0 Å². The van der Waals surface area contributed by atoms with Crippen molar-refractivity contribution in [2.45, 2.75) is 19.0 Å². The molecule has 2 N–H and O–H groups in total. The highest BCUT2D eigenvalue weighted by Crippen LogP contribution is 2.06. The van der Waals surface area contributed by atoms with E-state index >= 15 is 0 Å². The Morgan fingerprint density at radius 1 is 1.57 bits per heavy atom. The number of halogens is 1. The monoisotopic (exact) mass is 211 g/mol. The van der Waals surface area contributed by atoms with Crippen LogP contribution in [0.1, 0.15) is 12.0 Å². The van der Waals surface area contributed by atoms with Crippen molar-refractivity contribution >= 4 is 11.6 Å². The van der Waals surface area contributed by atoms with Crippen LogP contribution < -0.4 is 10.6 Å². The van der Waals surface area contributed by atoms with Crippen LogP contribution in [0.4, 0.5) is 0 Å². The summed E-state index contributed by atoms with van der Waals surface area (Å²) in [6.07, 6.45) is 3.03. The van der Waals surface area contributed by atoms with Crippen LogP contribution >= 0.6 is 11.6 Å². The Kier molecular flexibility index (Phi) is 3.35. The van der Waals surface area contributed by atoms with Gasteiger partial charge in [0, 0.05) is 25.3 Å². The van der Waals surface area contributed by atoms with Gasteiger partial charge >= 0.3 is 0 Å². The van der Waals surface area contributed by atoms with Gasteiger partial charge in [-0.25, -0.2) is 4.98 Å². The number of nitrogens with zero attached hydrogens (tertiary/aromatic N) is 1. The molecule has 2 rings (SSSR count). The second-order valence-corrected chi connectivity index (χ2v) is 3.95. The van der Waals surface area contributed by atoms with Crippen molar-refractivity contribution in [3.8, 4) is 0 Å². The molecule has 1 aliphatic heterocycles. The molecule has 0 bridgehead atoms. The van der Waals surface area contributed by atoms with E-state index in [9.17, 15) is 0 Å². The zero-order chi connectivity index (χ0) is 9.80. The zero-order valence-electron chi connectivity index (χ0n) is 7.96. The quantitative estimate of drug-likeness (QED) is 0.738. The van der Waals surface area contributed by atoms with Gasteiger partial charge in [-0.3, -0.25) is 0 Å². The van der Waals surface area contributed by atoms with Gasteiger partial charge in [0.25, 0.3) is 0 Å². The molecule has 1 aromatic heterocycles. The van der Waals surface area contributed by atoms with Crippen LogP contribution in [0.15, 0.2) is 18.3 Å². The average molecular weight is 212 g/mol. The smallest absolute Gasteiger partial charge is 0.129 e. The van der Waals surface area contributed by atoms with Gasteiger partial charge in [-0.1, -0.05) is 17.7 Å². The van der Waals surface area contributed by atoms with E-state index in [2.05, 4.69) is 15.6 Å². The van der Waals surface area contributed by atoms with Gasteiger partial charge < -0.3 is 10.6 Å². The van der Waals surface area contributed by atoms with E-state index in [1.165, 1.54) is 12.0 Å². The third kappa shape index (κ3) is 2.67. The molecule has 4 heteroatoms. The minimum absolute atomic E-state index is 0.552. The van der Waals surface area contributed by atoms with E-state index in [1.807, 2.05) is 18.3 Å². The van der Waals surface area contributed by atoms with Crippen LogP contribution in [-0.2, 0) is 6.54 Å². The van der Waals surface area contributed by atoms with Crippen LogP contribution in [0.5, 0.6) is 0 Å². The molecule has 76 valence electrons. The SMILES string of the molecule is Clc1ccc(CN[C@@H]2CCNC2)cn1. The molecule has 0 aliphatic carbocycles. The molecule has 0 aromatic carbocycles. The van der Waals surface area contributed by atoms with Gasteiger partial charge in [0.2, 0.25) is 0 Å². The van der Waals surface area contributed by atoms with E-state index in [0.29, 0.717) is 11.2 Å². The van der Waals surface area contributed by atoms with Gasteiger partial charge in [0.1, 0.15) is 5.15 Å². The summed E-state index contributed by atoms with van der Waals surface area (Å²) in [7, 11) is 0. The van der Waals surface area contributed by atoms with Crippen molar-refractivity contribution in [3.05, 3.63) is 29.0 Å². The Bertz CT molecular complexity index is 280. The highest BCUT2D eigenvalue weighted by Gasteiger charge is 2.12. The first-order valence-corrected chi connectivity index (χ1v) is 5.27.